The molecule has 1 aliphatic carbocycles. The van der Waals surface area contributed by atoms with Crippen LogP contribution in [0, 0.1) is 11.3 Å². The second-order valence-corrected chi connectivity index (χ2v) is 8.26. The minimum atomic E-state index is -0.339. The van der Waals surface area contributed by atoms with Gasteiger partial charge in [-0.3, -0.25) is 4.79 Å². The minimum absolute atomic E-state index is 0.0650. The topological polar surface area (TPSA) is 89.2 Å². The lowest BCUT2D eigenvalue weighted by Gasteiger charge is -2.22. The summed E-state index contributed by atoms with van der Waals surface area (Å²) in [5, 5.41) is 17.6. The molecule has 0 saturated heterocycles. The number of amides is 1. The molecule has 1 saturated carbocycles. The van der Waals surface area contributed by atoms with Crippen LogP contribution in [0.25, 0.3) is 23.0 Å². The standard InChI is InChI=1S/C26H24N4O3/c27-15-19(26(31)28-21-7-3-1-4-8-21)13-20-16-30(22-9-5-2-6-10-22)29-25(20)18-11-12-23-24(14-18)33-17-32-23/h2,5-6,9-14,16,21H,1,3-4,7-8,17H2,(H,28,31)/b19-13+. The molecule has 1 aromatic heterocycles. The van der Waals surface area contributed by atoms with Crippen molar-refractivity contribution in [1.82, 2.24) is 15.1 Å². The van der Waals surface area contributed by atoms with Gasteiger partial charge in [-0.2, -0.15) is 10.4 Å². The third-order valence-corrected chi connectivity index (χ3v) is 6.01. The quantitative estimate of drug-likeness (QED) is 0.462. The van der Waals surface area contributed by atoms with Gasteiger partial charge in [-0.15, -0.1) is 0 Å². The van der Waals surface area contributed by atoms with Crippen LogP contribution in [0.3, 0.4) is 0 Å². The lowest BCUT2D eigenvalue weighted by atomic mass is 9.95. The number of hydrogen-bond donors (Lipinski definition) is 1. The first-order valence-corrected chi connectivity index (χ1v) is 11.2. The molecule has 3 aromatic rings. The number of nitrogens with zero attached hydrogens (tertiary/aromatic N) is 3. The maximum atomic E-state index is 12.9. The summed E-state index contributed by atoms with van der Waals surface area (Å²) in [6.45, 7) is 0.184. The van der Waals surface area contributed by atoms with Crippen LogP contribution in [0.1, 0.15) is 37.7 Å². The summed E-state index contributed by atoms with van der Waals surface area (Å²) in [5.41, 5.74) is 3.08. The van der Waals surface area contributed by atoms with E-state index in [4.69, 9.17) is 14.6 Å². The Balaban J connectivity index is 1.52. The average molecular weight is 441 g/mol. The Kier molecular flexibility index (Phi) is 5.81. The van der Waals surface area contributed by atoms with Gasteiger partial charge in [0, 0.05) is 23.4 Å². The van der Waals surface area contributed by atoms with Crippen LogP contribution in [-0.4, -0.2) is 28.5 Å². The van der Waals surface area contributed by atoms with E-state index >= 15 is 0 Å². The largest absolute Gasteiger partial charge is 0.454 e. The summed E-state index contributed by atoms with van der Waals surface area (Å²) in [4.78, 5) is 12.9. The summed E-state index contributed by atoms with van der Waals surface area (Å²) in [6, 6.07) is 17.5. The van der Waals surface area contributed by atoms with Gasteiger partial charge in [0.2, 0.25) is 6.79 Å². The van der Waals surface area contributed by atoms with Crippen LogP contribution in [0.5, 0.6) is 11.5 Å². The highest BCUT2D eigenvalue weighted by Crippen LogP contribution is 2.37. The number of hydrogen-bond acceptors (Lipinski definition) is 5. The van der Waals surface area contributed by atoms with Crippen molar-refractivity contribution in [3.8, 4) is 34.5 Å². The second kappa shape index (κ2) is 9.21. The summed E-state index contributed by atoms with van der Waals surface area (Å²) in [5.74, 6) is 0.989. The molecule has 5 rings (SSSR count). The summed E-state index contributed by atoms with van der Waals surface area (Å²) >= 11 is 0. The van der Waals surface area contributed by atoms with E-state index in [1.54, 1.807) is 10.8 Å². The number of rotatable bonds is 5. The number of para-hydroxylation sites is 1. The van der Waals surface area contributed by atoms with Crippen LogP contribution in [0.4, 0.5) is 0 Å². The summed E-state index contributed by atoms with van der Waals surface area (Å²) in [7, 11) is 0. The molecule has 7 nitrogen and oxygen atoms in total. The Labute approximate surface area is 192 Å². The van der Waals surface area contributed by atoms with E-state index in [0.717, 1.165) is 36.9 Å². The molecular formula is C26H24N4O3. The third kappa shape index (κ3) is 4.46. The molecule has 1 N–H and O–H groups in total. The molecule has 0 atom stereocenters. The van der Waals surface area contributed by atoms with Crippen molar-refractivity contribution >= 4 is 12.0 Å². The van der Waals surface area contributed by atoms with E-state index in [9.17, 15) is 10.1 Å². The van der Waals surface area contributed by atoms with E-state index in [2.05, 4.69) is 11.4 Å². The number of fused-ring (bicyclic) bond motifs is 1. The molecule has 1 aliphatic heterocycles. The summed E-state index contributed by atoms with van der Waals surface area (Å²) < 4.78 is 12.7. The van der Waals surface area contributed by atoms with Crippen LogP contribution in [0.15, 0.2) is 60.3 Å². The van der Waals surface area contributed by atoms with Crippen LogP contribution >= 0.6 is 0 Å². The van der Waals surface area contributed by atoms with Gasteiger partial charge in [0.25, 0.3) is 5.91 Å². The molecule has 1 fully saturated rings. The lowest BCUT2D eigenvalue weighted by molar-refractivity contribution is -0.117. The molecular weight excluding hydrogens is 416 g/mol. The molecule has 0 bridgehead atoms. The van der Waals surface area contributed by atoms with Gasteiger partial charge in [-0.1, -0.05) is 37.5 Å². The number of nitriles is 1. The Morgan fingerprint density at radius 2 is 1.88 bits per heavy atom. The first-order chi connectivity index (χ1) is 16.2. The van der Waals surface area contributed by atoms with Gasteiger partial charge in [-0.25, -0.2) is 4.68 Å². The Bertz CT molecular complexity index is 1230. The zero-order chi connectivity index (χ0) is 22.6. The smallest absolute Gasteiger partial charge is 0.262 e. The van der Waals surface area contributed by atoms with Gasteiger partial charge in [0.05, 0.1) is 5.69 Å². The monoisotopic (exact) mass is 440 g/mol. The van der Waals surface area contributed by atoms with E-state index < -0.39 is 0 Å². The molecule has 0 radical (unpaired) electrons. The SMILES string of the molecule is N#C/C(=C\c1cn(-c2ccccc2)nc1-c1ccc2c(c1)OCO2)C(=O)NC1CCCCC1. The number of carbonyl (C=O) groups is 1. The number of ether oxygens (including phenoxy) is 2. The van der Waals surface area contributed by atoms with Gasteiger partial charge in [0.15, 0.2) is 11.5 Å². The zero-order valence-electron chi connectivity index (χ0n) is 18.2. The second-order valence-electron chi connectivity index (χ2n) is 8.26. The molecule has 2 heterocycles. The molecule has 1 amide bonds. The molecule has 2 aliphatic rings. The maximum Gasteiger partial charge on any atom is 0.262 e. The highest BCUT2D eigenvalue weighted by Gasteiger charge is 2.21. The van der Waals surface area contributed by atoms with Gasteiger partial charge >= 0.3 is 0 Å². The van der Waals surface area contributed by atoms with Crippen molar-refractivity contribution in [3.05, 3.63) is 65.9 Å². The molecule has 7 heteroatoms. The number of aromatic nitrogens is 2. The predicted octanol–water partition coefficient (Wildman–Crippen LogP) is 4.62. The third-order valence-electron chi connectivity index (χ3n) is 6.01. The van der Waals surface area contributed by atoms with Gasteiger partial charge < -0.3 is 14.8 Å². The zero-order valence-corrected chi connectivity index (χ0v) is 18.2. The van der Waals surface area contributed by atoms with Crippen LogP contribution in [0.2, 0.25) is 0 Å². The minimum Gasteiger partial charge on any atom is -0.454 e. The fourth-order valence-corrected chi connectivity index (χ4v) is 4.29. The number of benzene rings is 2. The molecule has 2 aromatic carbocycles. The Hall–Kier alpha value is -4.05. The van der Waals surface area contributed by atoms with E-state index in [-0.39, 0.29) is 24.3 Å². The summed E-state index contributed by atoms with van der Waals surface area (Å²) in [6.07, 6.45) is 8.77. The molecule has 0 unspecified atom stereocenters. The van der Waals surface area contributed by atoms with Crippen LogP contribution < -0.4 is 14.8 Å². The normalized spacial score (nSPS) is 15.8. The highest BCUT2D eigenvalue weighted by molar-refractivity contribution is 6.02. The predicted molar refractivity (Wildman–Crippen MR) is 124 cm³/mol. The number of nitrogens with one attached hydrogen (secondary N) is 1. The van der Waals surface area contributed by atoms with Gasteiger partial charge in [0.1, 0.15) is 17.3 Å². The Morgan fingerprint density at radius 1 is 1.09 bits per heavy atom. The fourth-order valence-electron chi connectivity index (χ4n) is 4.29. The van der Waals surface area contributed by atoms with Gasteiger partial charge in [-0.05, 0) is 49.2 Å². The van der Waals surface area contributed by atoms with E-state index in [1.807, 2.05) is 54.7 Å². The highest BCUT2D eigenvalue weighted by atomic mass is 16.7. The van der Waals surface area contributed by atoms with Crippen LogP contribution in [-0.2, 0) is 4.79 Å². The van der Waals surface area contributed by atoms with E-state index in [1.165, 1.54) is 6.42 Å². The molecule has 33 heavy (non-hydrogen) atoms. The van der Waals surface area contributed by atoms with Crippen molar-refractivity contribution in [3.63, 3.8) is 0 Å². The first kappa shape index (κ1) is 20.8. The molecule has 0 spiro atoms. The Morgan fingerprint density at radius 3 is 2.67 bits per heavy atom. The van der Waals surface area contributed by atoms with Crippen molar-refractivity contribution in [2.24, 2.45) is 0 Å². The van der Waals surface area contributed by atoms with Crippen molar-refractivity contribution in [2.75, 3.05) is 6.79 Å². The molecule has 166 valence electrons. The average Bonchev–Trinajstić information content (AvgIpc) is 3.50. The van der Waals surface area contributed by atoms with E-state index in [0.29, 0.717) is 22.8 Å². The lowest BCUT2D eigenvalue weighted by Crippen LogP contribution is -2.36. The number of carbonyl (C=O) groups excluding carboxylic acids is 1. The maximum absolute atomic E-state index is 12.9. The van der Waals surface area contributed by atoms with Crippen molar-refractivity contribution in [1.29, 1.82) is 5.26 Å². The van der Waals surface area contributed by atoms with Crippen molar-refractivity contribution < 1.29 is 14.3 Å². The van der Waals surface area contributed by atoms with Crippen molar-refractivity contribution in [2.45, 2.75) is 38.1 Å². The fraction of sp³-hybridized carbons (Fsp3) is 0.269. The first-order valence-electron chi connectivity index (χ1n) is 11.2.